The molecule has 1 saturated heterocycles. The smallest absolute Gasteiger partial charge is 0.257 e. The van der Waals surface area contributed by atoms with Crippen molar-refractivity contribution in [1.82, 2.24) is 9.80 Å². The molecule has 0 aromatic heterocycles. The first-order chi connectivity index (χ1) is 11.7. The maximum absolute atomic E-state index is 12.9. The van der Waals surface area contributed by atoms with Crippen molar-refractivity contribution in [2.75, 3.05) is 44.7 Å². The second kappa shape index (κ2) is 8.51. The summed E-state index contributed by atoms with van der Waals surface area (Å²) in [4.78, 5) is 16.7. The van der Waals surface area contributed by atoms with Crippen molar-refractivity contribution < 1.29 is 17.9 Å². The van der Waals surface area contributed by atoms with Gasteiger partial charge < -0.3 is 9.64 Å². The largest absolute Gasteiger partial charge is 0.490 e. The Kier molecular flexibility index (Phi) is 6.87. The molecule has 1 aliphatic heterocycles. The summed E-state index contributed by atoms with van der Waals surface area (Å²) < 4.78 is 29.2. The highest BCUT2D eigenvalue weighted by atomic mass is 79.9. The number of rotatable bonds is 6. The Hall–Kier alpha value is -1.12. The summed E-state index contributed by atoms with van der Waals surface area (Å²) >= 11 is 3.41. The second-order valence-electron chi connectivity index (χ2n) is 6.57. The predicted octanol–water partition coefficient (Wildman–Crippen LogP) is 2.04. The number of nitrogens with zero attached hydrogens (tertiary/aromatic N) is 2. The average Bonchev–Trinajstić information content (AvgIpc) is 2.52. The highest BCUT2D eigenvalue weighted by Gasteiger charge is 2.25. The molecule has 0 spiro atoms. The zero-order chi connectivity index (χ0) is 18.6. The van der Waals surface area contributed by atoms with Gasteiger partial charge in [0, 0.05) is 43.5 Å². The number of sulfone groups is 1. The Morgan fingerprint density at radius 3 is 2.44 bits per heavy atom. The molecule has 1 heterocycles. The van der Waals surface area contributed by atoms with Crippen LogP contribution < -0.4 is 4.74 Å². The fraction of sp³-hybridized carbons (Fsp3) is 0.588. The van der Waals surface area contributed by atoms with E-state index in [2.05, 4.69) is 20.8 Å². The first-order valence-corrected chi connectivity index (χ1v) is 11.2. The molecule has 0 unspecified atom stereocenters. The molecule has 0 N–H and O–H groups in total. The third-order valence-electron chi connectivity index (χ3n) is 3.97. The molecule has 1 aromatic carbocycles. The Labute approximate surface area is 158 Å². The van der Waals surface area contributed by atoms with E-state index < -0.39 is 9.84 Å². The van der Waals surface area contributed by atoms with Gasteiger partial charge in [-0.2, -0.15) is 0 Å². The van der Waals surface area contributed by atoms with Crippen LogP contribution in [0.25, 0.3) is 0 Å². The molecule has 0 bridgehead atoms. The SMILES string of the molecule is CC(C)Oc1cc(Br)ccc1C(=O)N1CCN(CCS(C)(=O)=O)CC1. The summed E-state index contributed by atoms with van der Waals surface area (Å²) in [6.45, 7) is 6.89. The standard InChI is InChI=1S/C17H25BrN2O4S/c1-13(2)24-16-12-14(18)4-5-15(16)17(21)20-8-6-19(7-9-20)10-11-25(3,22)23/h4-5,12-13H,6-11H2,1-3H3. The molecule has 0 atom stereocenters. The van der Waals surface area contributed by atoms with Crippen LogP contribution in [0.4, 0.5) is 0 Å². The first kappa shape index (κ1) is 20.2. The van der Waals surface area contributed by atoms with Crippen LogP contribution >= 0.6 is 15.9 Å². The number of amides is 1. The molecule has 1 fully saturated rings. The van der Waals surface area contributed by atoms with E-state index in [1.54, 1.807) is 11.0 Å². The van der Waals surface area contributed by atoms with Gasteiger partial charge in [0.25, 0.3) is 5.91 Å². The summed E-state index contributed by atoms with van der Waals surface area (Å²) in [6, 6.07) is 5.43. The number of hydrogen-bond donors (Lipinski definition) is 0. The Balaban J connectivity index is 2.01. The third kappa shape index (κ3) is 6.27. The third-order valence-corrected chi connectivity index (χ3v) is 5.39. The minimum Gasteiger partial charge on any atom is -0.490 e. The van der Waals surface area contributed by atoms with Gasteiger partial charge >= 0.3 is 0 Å². The molecule has 1 aromatic rings. The fourth-order valence-electron chi connectivity index (χ4n) is 2.66. The number of carbonyl (C=O) groups is 1. The number of benzene rings is 1. The maximum Gasteiger partial charge on any atom is 0.257 e. The summed E-state index contributed by atoms with van der Waals surface area (Å²) in [7, 11) is -2.96. The topological polar surface area (TPSA) is 66.9 Å². The molecule has 6 nitrogen and oxygen atoms in total. The molecule has 0 radical (unpaired) electrons. The van der Waals surface area contributed by atoms with Crippen molar-refractivity contribution in [2.45, 2.75) is 20.0 Å². The first-order valence-electron chi connectivity index (χ1n) is 8.31. The van der Waals surface area contributed by atoms with E-state index in [-0.39, 0.29) is 17.8 Å². The van der Waals surface area contributed by atoms with Gasteiger partial charge in [0.2, 0.25) is 0 Å². The number of halogens is 1. The molecular formula is C17H25BrN2O4S. The molecule has 140 valence electrons. The van der Waals surface area contributed by atoms with Crippen LogP contribution in [0.1, 0.15) is 24.2 Å². The lowest BCUT2D eigenvalue weighted by Crippen LogP contribution is -2.49. The van der Waals surface area contributed by atoms with Gasteiger partial charge in [-0.05, 0) is 32.0 Å². The Morgan fingerprint density at radius 2 is 1.88 bits per heavy atom. The van der Waals surface area contributed by atoms with Crippen LogP contribution in [0.3, 0.4) is 0 Å². The Morgan fingerprint density at radius 1 is 1.24 bits per heavy atom. The van der Waals surface area contributed by atoms with Gasteiger partial charge in [-0.3, -0.25) is 9.69 Å². The van der Waals surface area contributed by atoms with Gasteiger partial charge in [-0.15, -0.1) is 0 Å². The number of ether oxygens (including phenoxy) is 1. The highest BCUT2D eigenvalue weighted by molar-refractivity contribution is 9.10. The lowest BCUT2D eigenvalue weighted by molar-refractivity contribution is 0.0638. The van der Waals surface area contributed by atoms with E-state index in [0.29, 0.717) is 44.0 Å². The normalized spacial score (nSPS) is 16.3. The van der Waals surface area contributed by atoms with Gasteiger partial charge in [0.15, 0.2) is 0 Å². The van der Waals surface area contributed by atoms with Crippen LogP contribution in [-0.4, -0.2) is 75.0 Å². The monoisotopic (exact) mass is 432 g/mol. The van der Waals surface area contributed by atoms with Crippen molar-refractivity contribution in [3.8, 4) is 5.75 Å². The van der Waals surface area contributed by atoms with Gasteiger partial charge in [0.05, 0.1) is 17.4 Å². The molecule has 2 rings (SSSR count). The molecule has 1 amide bonds. The summed E-state index contributed by atoms with van der Waals surface area (Å²) in [5, 5.41) is 0. The molecule has 0 saturated carbocycles. The quantitative estimate of drug-likeness (QED) is 0.687. The maximum atomic E-state index is 12.9. The zero-order valence-electron chi connectivity index (χ0n) is 14.9. The van der Waals surface area contributed by atoms with E-state index in [0.717, 1.165) is 4.47 Å². The lowest BCUT2D eigenvalue weighted by atomic mass is 10.1. The van der Waals surface area contributed by atoms with Crippen molar-refractivity contribution in [1.29, 1.82) is 0 Å². The van der Waals surface area contributed by atoms with Gasteiger partial charge in [-0.25, -0.2) is 8.42 Å². The van der Waals surface area contributed by atoms with Gasteiger partial charge in [-0.1, -0.05) is 15.9 Å². The molecular weight excluding hydrogens is 408 g/mol. The minimum absolute atomic E-state index is 0.0197. The van der Waals surface area contributed by atoms with E-state index in [1.807, 2.05) is 26.0 Å². The lowest BCUT2D eigenvalue weighted by Gasteiger charge is -2.35. The predicted molar refractivity (Wildman–Crippen MR) is 102 cm³/mol. The highest BCUT2D eigenvalue weighted by Crippen LogP contribution is 2.26. The van der Waals surface area contributed by atoms with Crippen LogP contribution in [0.15, 0.2) is 22.7 Å². The summed E-state index contributed by atoms with van der Waals surface area (Å²) in [5.41, 5.74) is 0.557. The number of carbonyl (C=O) groups excluding carboxylic acids is 1. The zero-order valence-corrected chi connectivity index (χ0v) is 17.3. The molecule has 25 heavy (non-hydrogen) atoms. The van der Waals surface area contributed by atoms with Crippen molar-refractivity contribution in [2.24, 2.45) is 0 Å². The van der Waals surface area contributed by atoms with E-state index in [4.69, 9.17) is 4.74 Å². The second-order valence-corrected chi connectivity index (χ2v) is 9.75. The molecule has 0 aliphatic carbocycles. The van der Waals surface area contributed by atoms with Gasteiger partial charge in [0.1, 0.15) is 15.6 Å². The van der Waals surface area contributed by atoms with Crippen molar-refractivity contribution >= 4 is 31.7 Å². The minimum atomic E-state index is -2.96. The molecule has 1 aliphatic rings. The van der Waals surface area contributed by atoms with Crippen LogP contribution in [0.5, 0.6) is 5.75 Å². The van der Waals surface area contributed by atoms with Crippen LogP contribution in [0.2, 0.25) is 0 Å². The summed E-state index contributed by atoms with van der Waals surface area (Å²) in [6.07, 6.45) is 1.23. The summed E-state index contributed by atoms with van der Waals surface area (Å²) in [5.74, 6) is 0.680. The van der Waals surface area contributed by atoms with E-state index in [1.165, 1.54) is 6.26 Å². The van der Waals surface area contributed by atoms with Crippen molar-refractivity contribution in [3.05, 3.63) is 28.2 Å². The van der Waals surface area contributed by atoms with Crippen molar-refractivity contribution in [3.63, 3.8) is 0 Å². The van der Waals surface area contributed by atoms with Crippen LogP contribution in [-0.2, 0) is 9.84 Å². The number of hydrogen-bond acceptors (Lipinski definition) is 5. The molecule has 8 heteroatoms. The van der Waals surface area contributed by atoms with E-state index in [9.17, 15) is 13.2 Å². The van der Waals surface area contributed by atoms with Crippen LogP contribution in [0, 0.1) is 0 Å². The number of piperazine rings is 1. The Bertz CT molecular complexity index is 713. The average molecular weight is 433 g/mol. The van der Waals surface area contributed by atoms with E-state index >= 15 is 0 Å². The fourth-order valence-corrected chi connectivity index (χ4v) is 3.59.